The molecule has 0 unspecified atom stereocenters. The van der Waals surface area contributed by atoms with Crippen LogP contribution in [0.4, 0.5) is 0 Å². The molecule has 0 atom stereocenters. The lowest BCUT2D eigenvalue weighted by atomic mass is 10.3. The van der Waals surface area contributed by atoms with Crippen LogP contribution in [-0.4, -0.2) is 27.5 Å². The maximum Gasteiger partial charge on any atom is 0.345 e. The highest BCUT2D eigenvalue weighted by Gasteiger charge is 2.13. The summed E-state index contributed by atoms with van der Waals surface area (Å²) in [4.78, 5) is 34.1. The Balaban J connectivity index is 2.19. The van der Waals surface area contributed by atoms with Gasteiger partial charge in [-0.25, -0.2) is 14.8 Å². The van der Waals surface area contributed by atoms with Crippen molar-refractivity contribution in [2.45, 2.75) is 20.3 Å². The average Bonchev–Trinajstić information content (AvgIpc) is 2.75. The van der Waals surface area contributed by atoms with Crippen LogP contribution in [0.3, 0.4) is 0 Å². The Bertz CT molecular complexity index is 648. The molecule has 0 radical (unpaired) electrons. The minimum absolute atomic E-state index is 0.0833. The van der Waals surface area contributed by atoms with Gasteiger partial charge in [0.1, 0.15) is 11.4 Å². The molecule has 0 saturated carbocycles. The minimum atomic E-state index is -0.660. The second-order valence-electron chi connectivity index (χ2n) is 3.83. The number of aromatic amines is 1. The number of esters is 1. The van der Waals surface area contributed by atoms with Crippen molar-refractivity contribution in [3.63, 3.8) is 0 Å². The van der Waals surface area contributed by atoms with Gasteiger partial charge < -0.3 is 9.72 Å². The van der Waals surface area contributed by atoms with E-state index in [9.17, 15) is 9.59 Å². The molecule has 0 saturated heterocycles. The van der Waals surface area contributed by atoms with Crippen LogP contribution in [0, 0.1) is 6.92 Å². The van der Waals surface area contributed by atoms with Crippen LogP contribution < -0.4 is 5.56 Å². The second kappa shape index (κ2) is 5.75. The SMILES string of the molecule is CCOC(=O)c1cnc(Cc2csc(C)n2)[nH]c1=O. The highest BCUT2D eigenvalue weighted by molar-refractivity contribution is 7.09. The first-order chi connectivity index (χ1) is 9.10. The highest BCUT2D eigenvalue weighted by Crippen LogP contribution is 2.10. The van der Waals surface area contributed by atoms with Gasteiger partial charge in [-0.05, 0) is 13.8 Å². The molecular weight excluding hydrogens is 266 g/mol. The van der Waals surface area contributed by atoms with Gasteiger partial charge in [0.15, 0.2) is 0 Å². The van der Waals surface area contributed by atoms with Crippen LogP contribution in [0.25, 0.3) is 0 Å². The van der Waals surface area contributed by atoms with Crippen molar-refractivity contribution in [2.75, 3.05) is 6.61 Å². The molecule has 0 amide bonds. The highest BCUT2D eigenvalue weighted by atomic mass is 32.1. The lowest BCUT2D eigenvalue weighted by Gasteiger charge is -2.02. The molecule has 7 heteroatoms. The molecule has 0 fully saturated rings. The molecule has 1 N–H and O–H groups in total. The van der Waals surface area contributed by atoms with Gasteiger partial charge in [0.05, 0.1) is 17.3 Å². The number of hydrogen-bond acceptors (Lipinski definition) is 6. The molecule has 0 aromatic carbocycles. The van der Waals surface area contributed by atoms with E-state index in [4.69, 9.17) is 4.74 Å². The summed E-state index contributed by atoms with van der Waals surface area (Å²) in [5.74, 6) is -0.185. The molecule has 2 aromatic heterocycles. The van der Waals surface area contributed by atoms with Crippen molar-refractivity contribution in [2.24, 2.45) is 0 Å². The van der Waals surface area contributed by atoms with Crippen molar-refractivity contribution in [1.82, 2.24) is 15.0 Å². The van der Waals surface area contributed by atoms with Gasteiger partial charge in [0.2, 0.25) is 0 Å². The molecule has 6 nitrogen and oxygen atoms in total. The maximum absolute atomic E-state index is 11.7. The summed E-state index contributed by atoms with van der Waals surface area (Å²) in [5, 5.41) is 2.87. The van der Waals surface area contributed by atoms with Crippen LogP contribution in [0.2, 0.25) is 0 Å². The zero-order chi connectivity index (χ0) is 13.8. The summed E-state index contributed by atoms with van der Waals surface area (Å²) in [6.07, 6.45) is 1.67. The standard InChI is InChI=1S/C12H13N3O3S/c1-3-18-12(17)9-5-13-10(15-11(9)16)4-8-6-19-7(2)14-8/h5-6H,3-4H2,1-2H3,(H,13,15,16). The fraction of sp³-hybridized carbons (Fsp3) is 0.333. The Morgan fingerprint density at radius 1 is 1.53 bits per heavy atom. The summed E-state index contributed by atoms with van der Waals surface area (Å²) >= 11 is 1.54. The van der Waals surface area contributed by atoms with Gasteiger partial charge in [0.25, 0.3) is 5.56 Å². The predicted octanol–water partition coefficient (Wildman–Crippen LogP) is 1.30. The van der Waals surface area contributed by atoms with Gasteiger partial charge in [0, 0.05) is 18.0 Å². The molecule has 2 aromatic rings. The van der Waals surface area contributed by atoms with E-state index >= 15 is 0 Å². The van der Waals surface area contributed by atoms with Gasteiger partial charge in [-0.15, -0.1) is 11.3 Å². The zero-order valence-corrected chi connectivity index (χ0v) is 11.4. The molecular formula is C12H13N3O3S. The quantitative estimate of drug-likeness (QED) is 0.853. The fourth-order valence-corrected chi connectivity index (χ4v) is 2.15. The summed E-state index contributed by atoms with van der Waals surface area (Å²) in [6, 6.07) is 0. The third-order valence-electron chi connectivity index (χ3n) is 2.36. The Hall–Kier alpha value is -2.02. The number of carbonyl (C=O) groups excluding carboxylic acids is 1. The molecule has 2 heterocycles. The molecule has 0 bridgehead atoms. The summed E-state index contributed by atoms with van der Waals surface area (Å²) in [6.45, 7) is 3.81. The summed E-state index contributed by atoms with van der Waals surface area (Å²) in [7, 11) is 0. The molecule has 0 spiro atoms. The van der Waals surface area contributed by atoms with E-state index in [-0.39, 0.29) is 12.2 Å². The van der Waals surface area contributed by atoms with Crippen molar-refractivity contribution >= 4 is 17.3 Å². The monoisotopic (exact) mass is 279 g/mol. The molecule has 0 aliphatic carbocycles. The Kier molecular flexibility index (Phi) is 4.06. The number of carbonyl (C=O) groups is 1. The minimum Gasteiger partial charge on any atom is -0.462 e. The van der Waals surface area contributed by atoms with Crippen molar-refractivity contribution < 1.29 is 9.53 Å². The largest absolute Gasteiger partial charge is 0.462 e. The topological polar surface area (TPSA) is 84.9 Å². The number of hydrogen-bond donors (Lipinski definition) is 1. The van der Waals surface area contributed by atoms with Gasteiger partial charge in [-0.2, -0.15) is 0 Å². The molecule has 0 aliphatic rings. The lowest BCUT2D eigenvalue weighted by Crippen LogP contribution is -2.22. The first kappa shape index (κ1) is 13.4. The first-order valence-electron chi connectivity index (χ1n) is 5.76. The van der Waals surface area contributed by atoms with Crippen LogP contribution in [0.15, 0.2) is 16.4 Å². The first-order valence-corrected chi connectivity index (χ1v) is 6.64. The zero-order valence-electron chi connectivity index (χ0n) is 10.6. The van der Waals surface area contributed by atoms with Crippen LogP contribution >= 0.6 is 11.3 Å². The number of thiazole rings is 1. The van der Waals surface area contributed by atoms with E-state index in [0.717, 1.165) is 10.7 Å². The van der Waals surface area contributed by atoms with Crippen molar-refractivity contribution in [3.05, 3.63) is 44.0 Å². The van der Waals surface area contributed by atoms with Crippen LogP contribution in [0.5, 0.6) is 0 Å². The van der Waals surface area contributed by atoms with Crippen LogP contribution in [-0.2, 0) is 11.2 Å². The number of aryl methyl sites for hydroxylation is 1. The molecule has 100 valence electrons. The molecule has 2 rings (SSSR count). The molecule has 0 aliphatic heterocycles. The number of nitrogens with zero attached hydrogens (tertiary/aromatic N) is 2. The third-order valence-corrected chi connectivity index (χ3v) is 3.18. The van der Waals surface area contributed by atoms with Crippen LogP contribution in [0.1, 0.15) is 33.8 Å². The number of nitrogens with one attached hydrogen (secondary N) is 1. The number of rotatable bonds is 4. The maximum atomic E-state index is 11.7. The van der Waals surface area contributed by atoms with E-state index < -0.39 is 11.5 Å². The predicted molar refractivity (Wildman–Crippen MR) is 70.5 cm³/mol. The van der Waals surface area contributed by atoms with Gasteiger partial charge in [-0.1, -0.05) is 0 Å². The van der Waals surface area contributed by atoms with E-state index in [0.29, 0.717) is 12.2 Å². The number of H-pyrrole nitrogens is 1. The second-order valence-corrected chi connectivity index (χ2v) is 4.89. The number of aromatic nitrogens is 3. The van der Waals surface area contributed by atoms with Gasteiger partial charge in [-0.3, -0.25) is 4.79 Å². The average molecular weight is 279 g/mol. The molecule has 19 heavy (non-hydrogen) atoms. The Morgan fingerprint density at radius 2 is 2.32 bits per heavy atom. The lowest BCUT2D eigenvalue weighted by molar-refractivity contribution is 0.0523. The smallest absolute Gasteiger partial charge is 0.345 e. The van der Waals surface area contributed by atoms with Crippen molar-refractivity contribution in [3.8, 4) is 0 Å². The fourth-order valence-electron chi connectivity index (χ4n) is 1.54. The summed E-state index contributed by atoms with van der Waals surface area (Å²) in [5.41, 5.74) is 0.269. The Labute approximate surface area is 113 Å². The van der Waals surface area contributed by atoms with E-state index in [1.807, 2.05) is 12.3 Å². The number of ether oxygens (including phenoxy) is 1. The third kappa shape index (κ3) is 3.25. The van der Waals surface area contributed by atoms with E-state index in [2.05, 4.69) is 15.0 Å². The van der Waals surface area contributed by atoms with E-state index in [1.165, 1.54) is 17.5 Å². The summed E-state index contributed by atoms with van der Waals surface area (Å²) < 4.78 is 4.76. The van der Waals surface area contributed by atoms with Crippen molar-refractivity contribution in [1.29, 1.82) is 0 Å². The normalized spacial score (nSPS) is 10.4. The Morgan fingerprint density at radius 3 is 2.89 bits per heavy atom. The van der Waals surface area contributed by atoms with E-state index in [1.54, 1.807) is 6.92 Å². The van der Waals surface area contributed by atoms with Gasteiger partial charge >= 0.3 is 5.97 Å².